The summed E-state index contributed by atoms with van der Waals surface area (Å²) in [6.45, 7) is 3.55. The first-order chi connectivity index (χ1) is 17.5. The van der Waals surface area contributed by atoms with E-state index in [-0.39, 0.29) is 23.7 Å². The van der Waals surface area contributed by atoms with Crippen molar-refractivity contribution >= 4 is 5.97 Å². The molecule has 2 aromatic rings. The fourth-order valence-corrected chi connectivity index (χ4v) is 6.48. The number of aliphatic hydroxyl groups is 1. The zero-order valence-electron chi connectivity index (χ0n) is 20.6. The molecule has 1 N–H and O–H groups in total. The van der Waals surface area contributed by atoms with E-state index in [9.17, 15) is 9.90 Å². The minimum absolute atomic E-state index is 0.129. The van der Waals surface area contributed by atoms with Crippen LogP contribution in [0.2, 0.25) is 0 Å². The van der Waals surface area contributed by atoms with Gasteiger partial charge in [0.05, 0.1) is 24.2 Å². The number of ether oxygens (including phenoxy) is 3. The van der Waals surface area contributed by atoms with Crippen molar-refractivity contribution in [1.82, 2.24) is 5.23 Å². The maximum atomic E-state index is 12.7. The number of hydrogen-bond donors (Lipinski definition) is 1. The lowest BCUT2D eigenvalue weighted by atomic mass is 9.71. The Labute approximate surface area is 210 Å². The first kappa shape index (κ1) is 24.0. The summed E-state index contributed by atoms with van der Waals surface area (Å²) in [5.41, 5.74) is 2.12. The van der Waals surface area contributed by atoms with Gasteiger partial charge in [-0.15, -0.1) is 0 Å². The monoisotopic (exact) mass is 495 g/mol. The second-order valence-corrected chi connectivity index (χ2v) is 10.4. The van der Waals surface area contributed by atoms with Crippen molar-refractivity contribution in [3.8, 4) is 0 Å². The van der Waals surface area contributed by atoms with Crippen LogP contribution in [0, 0.1) is 5.92 Å². The highest BCUT2D eigenvalue weighted by Crippen LogP contribution is 2.50. The maximum absolute atomic E-state index is 12.7. The molecule has 36 heavy (non-hydrogen) atoms. The summed E-state index contributed by atoms with van der Waals surface area (Å²) in [5, 5.41) is 11.9. The number of aliphatic hydroxyl groups excluding tert-OH is 1. The Balaban J connectivity index is 1.25. The lowest BCUT2D eigenvalue weighted by Gasteiger charge is -2.41. The molecule has 0 aromatic heterocycles. The smallest absolute Gasteiger partial charge is 0.338 e. The molecule has 0 amide bonds. The summed E-state index contributed by atoms with van der Waals surface area (Å²) in [6, 6.07) is 20.6. The van der Waals surface area contributed by atoms with Crippen molar-refractivity contribution in [2.24, 2.45) is 5.92 Å². The molecule has 1 unspecified atom stereocenters. The van der Waals surface area contributed by atoms with Gasteiger partial charge in [-0.3, -0.25) is 4.84 Å². The molecule has 4 aliphatic rings. The molecule has 0 radical (unpaired) electrons. The summed E-state index contributed by atoms with van der Waals surface area (Å²) < 4.78 is 17.9. The average molecular weight is 496 g/mol. The fraction of sp³-hybridized carbons (Fsp3) is 0.536. The lowest BCUT2D eigenvalue weighted by molar-refractivity contribution is -0.448. The Kier molecular flexibility index (Phi) is 6.35. The number of hydrogen-bond acceptors (Lipinski definition) is 8. The molecule has 4 fully saturated rings. The topological polar surface area (TPSA) is 86.7 Å². The standard InChI is InChI=1S/C28H33NO7/c1-17(2)32-27(31)25-23-24-20(33-26(23)30)16-22(35-29(24)36-25)34-21-14-9-15-28(21,18-10-5-3-6-11-18)19-12-7-4-8-13-19/h3-8,10-13,17,20-26,30H,9,14-16H2,1-2H3/t20-,21-,22+,23-,24+,25-,26?/m1/s1. The number of rotatable bonds is 6. The van der Waals surface area contributed by atoms with Crippen LogP contribution in [0.25, 0.3) is 0 Å². The van der Waals surface area contributed by atoms with Crippen molar-refractivity contribution in [3.05, 3.63) is 71.8 Å². The highest BCUT2D eigenvalue weighted by atomic mass is 17.0. The van der Waals surface area contributed by atoms with Gasteiger partial charge in [-0.2, -0.15) is 0 Å². The first-order valence-electron chi connectivity index (χ1n) is 12.9. The zero-order valence-corrected chi connectivity index (χ0v) is 20.6. The maximum Gasteiger partial charge on any atom is 0.338 e. The quantitative estimate of drug-likeness (QED) is 0.610. The highest BCUT2D eigenvalue weighted by Gasteiger charge is 2.63. The van der Waals surface area contributed by atoms with E-state index >= 15 is 0 Å². The first-order valence-corrected chi connectivity index (χ1v) is 12.9. The number of hydroxylamine groups is 2. The zero-order chi connectivity index (χ0) is 24.9. The second-order valence-electron chi connectivity index (χ2n) is 10.4. The average Bonchev–Trinajstić information content (AvgIpc) is 3.56. The molecule has 3 saturated heterocycles. The summed E-state index contributed by atoms with van der Waals surface area (Å²) in [5.74, 6) is -1.11. The van der Waals surface area contributed by atoms with Crippen molar-refractivity contribution in [1.29, 1.82) is 0 Å². The number of carbonyl (C=O) groups excluding carboxylic acids is 1. The summed E-state index contributed by atoms with van der Waals surface area (Å²) in [4.78, 5) is 24.7. The van der Waals surface area contributed by atoms with Crippen LogP contribution in [0.15, 0.2) is 60.7 Å². The van der Waals surface area contributed by atoms with Gasteiger partial charge >= 0.3 is 5.97 Å². The molecule has 8 heteroatoms. The Morgan fingerprint density at radius 2 is 1.72 bits per heavy atom. The molecule has 7 atom stereocenters. The predicted octanol–water partition coefficient (Wildman–Crippen LogP) is 3.47. The van der Waals surface area contributed by atoms with Crippen molar-refractivity contribution < 1.29 is 33.8 Å². The molecule has 0 bridgehead atoms. The Bertz CT molecular complexity index is 1020. The van der Waals surface area contributed by atoms with E-state index in [1.165, 1.54) is 16.4 Å². The molecule has 0 spiro atoms. The second kappa shape index (κ2) is 9.52. The van der Waals surface area contributed by atoms with Gasteiger partial charge in [-0.1, -0.05) is 65.9 Å². The van der Waals surface area contributed by atoms with E-state index < -0.39 is 36.6 Å². The van der Waals surface area contributed by atoms with E-state index in [1.807, 2.05) is 12.1 Å². The SMILES string of the molecule is CC(C)OC(=O)[C@@H]1ON2O[C@H](O[C@@H]3CCCC3(c3ccccc3)c3ccccc3)C[C@H]3OC(O)[C@@H]1[C@H]32. The van der Waals surface area contributed by atoms with Crippen LogP contribution in [-0.4, -0.2) is 59.3 Å². The normalized spacial score (nSPS) is 35.2. The molecule has 3 heterocycles. The number of carbonyl (C=O) groups is 1. The summed E-state index contributed by atoms with van der Waals surface area (Å²) in [7, 11) is 0. The van der Waals surface area contributed by atoms with Gasteiger partial charge in [-0.25, -0.2) is 9.63 Å². The van der Waals surface area contributed by atoms with Crippen LogP contribution >= 0.6 is 0 Å². The number of benzene rings is 2. The van der Waals surface area contributed by atoms with Crippen LogP contribution in [-0.2, 0) is 34.1 Å². The van der Waals surface area contributed by atoms with E-state index in [4.69, 9.17) is 23.9 Å². The number of esters is 1. The van der Waals surface area contributed by atoms with Crippen LogP contribution in [0.5, 0.6) is 0 Å². The minimum Gasteiger partial charge on any atom is -0.461 e. The van der Waals surface area contributed by atoms with Gasteiger partial charge in [0.15, 0.2) is 18.7 Å². The highest BCUT2D eigenvalue weighted by molar-refractivity contribution is 5.75. The molecule has 8 nitrogen and oxygen atoms in total. The third-order valence-electron chi connectivity index (χ3n) is 7.94. The molecule has 3 aliphatic heterocycles. The molecular formula is C28H33NO7. The van der Waals surface area contributed by atoms with Crippen LogP contribution in [0.1, 0.15) is 50.7 Å². The Hall–Kier alpha value is -2.33. The fourth-order valence-electron chi connectivity index (χ4n) is 6.48. The van der Waals surface area contributed by atoms with Crippen LogP contribution in [0.3, 0.4) is 0 Å². The van der Waals surface area contributed by atoms with Gasteiger partial charge in [0, 0.05) is 11.8 Å². The Morgan fingerprint density at radius 3 is 2.36 bits per heavy atom. The number of nitrogens with zero attached hydrogens (tertiary/aromatic N) is 1. The van der Waals surface area contributed by atoms with Crippen molar-refractivity contribution in [2.45, 2.75) is 88.0 Å². The molecule has 6 rings (SSSR count). The third kappa shape index (κ3) is 3.97. The Morgan fingerprint density at radius 1 is 1.06 bits per heavy atom. The molecule has 192 valence electrons. The third-order valence-corrected chi connectivity index (χ3v) is 7.94. The van der Waals surface area contributed by atoms with Crippen molar-refractivity contribution in [2.75, 3.05) is 0 Å². The van der Waals surface area contributed by atoms with Crippen LogP contribution in [0.4, 0.5) is 0 Å². The van der Waals surface area contributed by atoms with E-state index in [2.05, 4.69) is 48.5 Å². The molecule has 1 aliphatic carbocycles. The van der Waals surface area contributed by atoms with Crippen molar-refractivity contribution in [3.63, 3.8) is 0 Å². The molecular weight excluding hydrogens is 462 g/mol. The van der Waals surface area contributed by atoms with Gasteiger partial charge in [-0.05, 0) is 44.2 Å². The molecule has 2 aromatic carbocycles. The lowest BCUT2D eigenvalue weighted by Crippen LogP contribution is -2.50. The summed E-state index contributed by atoms with van der Waals surface area (Å²) >= 11 is 0. The largest absolute Gasteiger partial charge is 0.461 e. The predicted molar refractivity (Wildman–Crippen MR) is 128 cm³/mol. The van der Waals surface area contributed by atoms with Gasteiger partial charge in [0.2, 0.25) is 0 Å². The minimum atomic E-state index is -1.14. The van der Waals surface area contributed by atoms with E-state index in [1.54, 1.807) is 13.8 Å². The molecule has 1 saturated carbocycles. The van der Waals surface area contributed by atoms with Gasteiger partial charge in [0.25, 0.3) is 0 Å². The summed E-state index contributed by atoms with van der Waals surface area (Å²) in [6.07, 6.45) is -0.288. The van der Waals surface area contributed by atoms with E-state index in [0.717, 1.165) is 19.3 Å². The van der Waals surface area contributed by atoms with Gasteiger partial charge in [0.1, 0.15) is 6.04 Å². The van der Waals surface area contributed by atoms with Crippen LogP contribution < -0.4 is 0 Å². The van der Waals surface area contributed by atoms with E-state index in [0.29, 0.717) is 6.42 Å². The van der Waals surface area contributed by atoms with Gasteiger partial charge < -0.3 is 19.3 Å².